The highest BCUT2D eigenvalue weighted by atomic mass is 79.9. The van der Waals surface area contributed by atoms with E-state index in [9.17, 15) is 9.59 Å². The number of rotatable bonds is 11. The van der Waals surface area contributed by atoms with E-state index in [4.69, 9.17) is 4.74 Å². The highest BCUT2D eigenvalue weighted by Crippen LogP contribution is 2.26. The van der Waals surface area contributed by atoms with Crippen LogP contribution in [0.15, 0.2) is 46.9 Å². The van der Waals surface area contributed by atoms with Crippen molar-refractivity contribution >= 4 is 27.7 Å². The molecule has 0 heterocycles. The number of nitrogens with zero attached hydrogens (tertiary/aromatic N) is 1. The van der Waals surface area contributed by atoms with Crippen LogP contribution < -0.4 is 10.1 Å². The molecule has 0 aliphatic heterocycles. The molecular weight excluding hydrogens is 468 g/mol. The van der Waals surface area contributed by atoms with Gasteiger partial charge in [0.1, 0.15) is 11.8 Å². The minimum atomic E-state index is -0.558. The summed E-state index contributed by atoms with van der Waals surface area (Å²) in [6, 6.07) is 13.3. The Kier molecular flexibility index (Phi) is 10.2. The summed E-state index contributed by atoms with van der Waals surface area (Å²) in [6.07, 6.45) is 1.45. The van der Waals surface area contributed by atoms with Crippen LogP contribution in [0.2, 0.25) is 0 Å². The lowest BCUT2D eigenvalue weighted by Crippen LogP contribution is -2.50. The van der Waals surface area contributed by atoms with Gasteiger partial charge in [0.2, 0.25) is 5.91 Å². The standard InChI is InChI=1S/C26H35BrN2O3/c1-6-20-12-13-24(22(27)14-20)32-17-25(30)29(16-21-10-8-19(5)9-11-21)23(7-2)26(31)28-15-18(3)4/h8-14,18,23H,6-7,15-17H2,1-5H3,(H,28,31)/t23-/m0/s1. The second kappa shape index (κ2) is 12.6. The number of benzene rings is 2. The normalized spacial score (nSPS) is 11.8. The lowest BCUT2D eigenvalue weighted by molar-refractivity contribution is -0.143. The van der Waals surface area contributed by atoms with E-state index in [0.29, 0.717) is 31.2 Å². The molecule has 0 unspecified atom stereocenters. The first kappa shape index (κ1) is 25.9. The zero-order chi connectivity index (χ0) is 23.7. The molecule has 2 rings (SSSR count). The van der Waals surface area contributed by atoms with Crippen LogP contribution in [0.5, 0.6) is 5.75 Å². The summed E-state index contributed by atoms with van der Waals surface area (Å²) in [5, 5.41) is 2.98. The van der Waals surface area contributed by atoms with Crippen LogP contribution in [0.25, 0.3) is 0 Å². The summed E-state index contributed by atoms with van der Waals surface area (Å²) in [4.78, 5) is 27.8. The van der Waals surface area contributed by atoms with Crippen molar-refractivity contribution in [2.75, 3.05) is 13.2 Å². The lowest BCUT2D eigenvalue weighted by Gasteiger charge is -2.31. The van der Waals surface area contributed by atoms with Gasteiger partial charge in [0, 0.05) is 13.1 Å². The summed E-state index contributed by atoms with van der Waals surface area (Å²) in [7, 11) is 0. The zero-order valence-corrected chi connectivity index (χ0v) is 21.4. The Labute approximate surface area is 200 Å². The third-order valence-electron chi connectivity index (χ3n) is 5.30. The van der Waals surface area contributed by atoms with E-state index in [1.165, 1.54) is 5.56 Å². The maximum atomic E-state index is 13.3. The van der Waals surface area contributed by atoms with Gasteiger partial charge in [-0.15, -0.1) is 0 Å². The highest BCUT2D eigenvalue weighted by molar-refractivity contribution is 9.10. The number of hydrogen-bond donors (Lipinski definition) is 1. The quantitative estimate of drug-likeness (QED) is 0.454. The van der Waals surface area contributed by atoms with Crippen molar-refractivity contribution in [2.45, 2.75) is 60.0 Å². The largest absolute Gasteiger partial charge is 0.483 e. The molecule has 0 aliphatic carbocycles. The molecule has 0 radical (unpaired) electrons. The van der Waals surface area contributed by atoms with E-state index in [1.54, 1.807) is 4.90 Å². The van der Waals surface area contributed by atoms with Crippen molar-refractivity contribution in [3.63, 3.8) is 0 Å². The first-order chi connectivity index (χ1) is 15.2. The van der Waals surface area contributed by atoms with Gasteiger partial charge in [-0.1, -0.05) is 63.6 Å². The van der Waals surface area contributed by atoms with E-state index < -0.39 is 6.04 Å². The number of amides is 2. The van der Waals surface area contributed by atoms with Crippen molar-refractivity contribution in [3.05, 3.63) is 63.6 Å². The molecule has 6 heteroatoms. The molecule has 1 atom stereocenters. The molecular formula is C26H35BrN2O3. The second-order valence-corrected chi connectivity index (χ2v) is 9.33. The van der Waals surface area contributed by atoms with Crippen molar-refractivity contribution in [1.29, 1.82) is 0 Å². The maximum absolute atomic E-state index is 13.3. The lowest BCUT2D eigenvalue weighted by atomic mass is 10.1. The number of ether oxygens (including phenoxy) is 1. The number of carbonyl (C=O) groups is 2. The van der Waals surface area contributed by atoms with Gasteiger partial charge in [-0.05, 0) is 64.9 Å². The molecule has 0 spiro atoms. The molecule has 2 aromatic rings. The molecule has 0 saturated carbocycles. The summed E-state index contributed by atoms with van der Waals surface area (Å²) in [5.74, 6) is 0.603. The summed E-state index contributed by atoms with van der Waals surface area (Å²) < 4.78 is 6.65. The van der Waals surface area contributed by atoms with Crippen LogP contribution in [-0.2, 0) is 22.6 Å². The topological polar surface area (TPSA) is 58.6 Å². The molecule has 174 valence electrons. The van der Waals surface area contributed by atoms with Crippen LogP contribution in [0.4, 0.5) is 0 Å². The van der Waals surface area contributed by atoms with Crippen LogP contribution >= 0.6 is 15.9 Å². The van der Waals surface area contributed by atoms with Gasteiger partial charge < -0.3 is 15.0 Å². The van der Waals surface area contributed by atoms with E-state index >= 15 is 0 Å². The smallest absolute Gasteiger partial charge is 0.261 e. The molecule has 2 aromatic carbocycles. The third kappa shape index (κ3) is 7.66. The van der Waals surface area contributed by atoms with Crippen molar-refractivity contribution in [2.24, 2.45) is 5.92 Å². The van der Waals surface area contributed by atoms with E-state index in [0.717, 1.165) is 22.0 Å². The molecule has 5 nitrogen and oxygen atoms in total. The molecule has 0 saturated heterocycles. The molecule has 0 aliphatic rings. The van der Waals surface area contributed by atoms with Crippen molar-refractivity contribution < 1.29 is 14.3 Å². The van der Waals surface area contributed by atoms with Crippen molar-refractivity contribution in [1.82, 2.24) is 10.2 Å². The number of carbonyl (C=O) groups excluding carboxylic acids is 2. The van der Waals surface area contributed by atoms with Crippen molar-refractivity contribution in [3.8, 4) is 5.75 Å². The van der Waals surface area contributed by atoms with Crippen LogP contribution in [-0.4, -0.2) is 35.9 Å². The van der Waals surface area contributed by atoms with Gasteiger partial charge in [0.25, 0.3) is 5.91 Å². The second-order valence-electron chi connectivity index (χ2n) is 8.48. The van der Waals surface area contributed by atoms with Gasteiger partial charge in [0.15, 0.2) is 6.61 Å². The predicted octanol–water partition coefficient (Wildman–Crippen LogP) is 5.28. The first-order valence-corrected chi connectivity index (χ1v) is 12.1. The van der Waals surface area contributed by atoms with Gasteiger partial charge in [-0.2, -0.15) is 0 Å². The van der Waals surface area contributed by atoms with Gasteiger partial charge >= 0.3 is 0 Å². The predicted molar refractivity (Wildman–Crippen MR) is 133 cm³/mol. The number of aryl methyl sites for hydroxylation is 2. The van der Waals surface area contributed by atoms with Gasteiger partial charge in [-0.25, -0.2) is 0 Å². The Hall–Kier alpha value is -2.34. The highest BCUT2D eigenvalue weighted by Gasteiger charge is 2.29. The minimum Gasteiger partial charge on any atom is -0.483 e. The summed E-state index contributed by atoms with van der Waals surface area (Å²) in [6.45, 7) is 10.9. The molecule has 0 fully saturated rings. The van der Waals surface area contributed by atoms with Crippen LogP contribution in [0.3, 0.4) is 0 Å². The Morgan fingerprint density at radius 3 is 2.28 bits per heavy atom. The van der Waals surface area contributed by atoms with E-state index in [-0.39, 0.29) is 18.4 Å². The maximum Gasteiger partial charge on any atom is 0.261 e. The SMILES string of the molecule is CCc1ccc(OCC(=O)N(Cc2ccc(C)cc2)[C@@H](CC)C(=O)NCC(C)C)c(Br)c1. The zero-order valence-electron chi connectivity index (χ0n) is 19.8. The Bertz CT molecular complexity index is 896. The molecule has 2 amide bonds. The fourth-order valence-corrected chi connectivity index (χ4v) is 3.88. The number of nitrogens with one attached hydrogen (secondary N) is 1. The fourth-order valence-electron chi connectivity index (χ4n) is 3.34. The third-order valence-corrected chi connectivity index (χ3v) is 5.92. The van der Waals surface area contributed by atoms with E-state index in [2.05, 4.69) is 28.2 Å². The Morgan fingerprint density at radius 1 is 1.06 bits per heavy atom. The number of halogens is 1. The molecule has 1 N–H and O–H groups in total. The Morgan fingerprint density at radius 2 is 1.72 bits per heavy atom. The molecule has 0 aromatic heterocycles. The Balaban J connectivity index is 2.20. The molecule has 0 bridgehead atoms. The first-order valence-electron chi connectivity index (χ1n) is 11.3. The average Bonchev–Trinajstić information content (AvgIpc) is 2.77. The summed E-state index contributed by atoms with van der Waals surface area (Å²) in [5.41, 5.74) is 3.31. The van der Waals surface area contributed by atoms with E-state index in [1.807, 2.05) is 70.2 Å². The van der Waals surface area contributed by atoms with Crippen LogP contribution in [0.1, 0.15) is 50.8 Å². The monoisotopic (exact) mass is 502 g/mol. The molecule has 32 heavy (non-hydrogen) atoms. The van der Waals surface area contributed by atoms with Gasteiger partial charge in [0.05, 0.1) is 4.47 Å². The minimum absolute atomic E-state index is 0.129. The van der Waals surface area contributed by atoms with Crippen LogP contribution in [0, 0.1) is 12.8 Å². The fraction of sp³-hybridized carbons (Fsp3) is 0.462. The summed E-state index contributed by atoms with van der Waals surface area (Å²) >= 11 is 3.52. The van der Waals surface area contributed by atoms with Gasteiger partial charge in [-0.3, -0.25) is 9.59 Å². The average molecular weight is 503 g/mol. The number of hydrogen-bond acceptors (Lipinski definition) is 3.